The van der Waals surface area contributed by atoms with Crippen LogP contribution >= 0.6 is 23.1 Å². The molecule has 4 rings (SSSR count). The molecule has 0 atom stereocenters. The zero-order valence-electron chi connectivity index (χ0n) is 17.2. The molecule has 0 aliphatic carbocycles. The lowest BCUT2D eigenvalue weighted by atomic mass is 10.1. The monoisotopic (exact) mass is 438 g/mol. The Balaban J connectivity index is 1.86. The van der Waals surface area contributed by atoms with E-state index >= 15 is 0 Å². The van der Waals surface area contributed by atoms with Gasteiger partial charge in [-0.25, -0.2) is 9.37 Å². The number of benzene rings is 2. The van der Waals surface area contributed by atoms with Crippen molar-refractivity contribution in [2.75, 3.05) is 0 Å². The molecule has 0 bridgehead atoms. The zero-order valence-corrected chi connectivity index (χ0v) is 18.9. The van der Waals surface area contributed by atoms with Gasteiger partial charge in [0.2, 0.25) is 0 Å². The normalized spacial score (nSPS) is 11.3. The van der Waals surface area contributed by atoms with E-state index in [2.05, 4.69) is 32.0 Å². The molecule has 0 saturated carbocycles. The molecule has 2 aromatic heterocycles. The van der Waals surface area contributed by atoms with Crippen molar-refractivity contribution in [2.45, 2.75) is 44.5 Å². The summed E-state index contributed by atoms with van der Waals surface area (Å²) in [7, 11) is 0. The minimum Gasteiger partial charge on any atom is -0.268 e. The third kappa shape index (κ3) is 4.07. The minimum absolute atomic E-state index is 0.0885. The van der Waals surface area contributed by atoms with E-state index in [1.807, 2.05) is 13.0 Å². The van der Waals surface area contributed by atoms with Crippen molar-refractivity contribution in [3.63, 3.8) is 0 Å². The number of thiophene rings is 1. The lowest BCUT2D eigenvalue weighted by Gasteiger charge is -2.12. The second-order valence-electron chi connectivity index (χ2n) is 7.37. The second-order valence-corrected chi connectivity index (χ2v) is 9.40. The summed E-state index contributed by atoms with van der Waals surface area (Å²) < 4.78 is 15.1. The van der Waals surface area contributed by atoms with E-state index in [1.165, 1.54) is 39.9 Å². The average molecular weight is 439 g/mol. The molecule has 0 radical (unpaired) electrons. The summed E-state index contributed by atoms with van der Waals surface area (Å²) >= 11 is 3.14. The lowest BCUT2D eigenvalue weighted by Crippen LogP contribution is -2.21. The van der Waals surface area contributed by atoms with Gasteiger partial charge in [-0.1, -0.05) is 54.9 Å². The van der Waals surface area contributed by atoms with Crippen molar-refractivity contribution >= 4 is 33.3 Å². The highest BCUT2D eigenvalue weighted by molar-refractivity contribution is 7.98. The molecule has 0 fully saturated rings. The quantitative estimate of drug-likeness (QED) is 0.256. The molecule has 154 valence electrons. The predicted octanol–water partition coefficient (Wildman–Crippen LogP) is 6.45. The number of aryl methyl sites for hydroxylation is 3. The molecular formula is C24H23FN2OS2. The smallest absolute Gasteiger partial charge is 0.267 e. The van der Waals surface area contributed by atoms with E-state index in [-0.39, 0.29) is 11.4 Å². The van der Waals surface area contributed by atoms with E-state index < -0.39 is 0 Å². The fourth-order valence-electron chi connectivity index (χ4n) is 3.54. The van der Waals surface area contributed by atoms with Crippen LogP contribution in [0.15, 0.2) is 58.5 Å². The van der Waals surface area contributed by atoms with Crippen molar-refractivity contribution in [2.24, 2.45) is 0 Å². The fourth-order valence-corrected chi connectivity index (χ4v) is 5.82. The molecule has 2 heterocycles. The highest BCUT2D eigenvalue weighted by atomic mass is 32.2. The van der Waals surface area contributed by atoms with Gasteiger partial charge in [0.25, 0.3) is 5.56 Å². The third-order valence-electron chi connectivity index (χ3n) is 5.04. The fraction of sp³-hybridized carbons (Fsp3) is 0.250. The summed E-state index contributed by atoms with van der Waals surface area (Å²) in [6, 6.07) is 14.3. The van der Waals surface area contributed by atoms with Gasteiger partial charge in [0.15, 0.2) is 5.16 Å². The molecular weight excluding hydrogens is 415 g/mol. The highest BCUT2D eigenvalue weighted by Gasteiger charge is 2.19. The number of aromatic nitrogens is 2. The van der Waals surface area contributed by atoms with Crippen molar-refractivity contribution < 1.29 is 4.39 Å². The molecule has 30 heavy (non-hydrogen) atoms. The maximum atomic E-state index is 13.6. The van der Waals surface area contributed by atoms with Gasteiger partial charge in [0.05, 0.1) is 11.1 Å². The lowest BCUT2D eigenvalue weighted by molar-refractivity contribution is 0.627. The van der Waals surface area contributed by atoms with Gasteiger partial charge in [-0.3, -0.25) is 9.36 Å². The Bertz CT molecular complexity index is 1260. The number of rotatable bonds is 6. The Morgan fingerprint density at radius 3 is 2.60 bits per heavy atom. The Hall–Kier alpha value is -2.44. The molecule has 0 amide bonds. The summed E-state index contributed by atoms with van der Waals surface area (Å²) in [6.07, 6.45) is 1.96. The van der Waals surface area contributed by atoms with Gasteiger partial charge in [-0.2, -0.15) is 0 Å². The maximum Gasteiger partial charge on any atom is 0.267 e. The van der Waals surface area contributed by atoms with Crippen LogP contribution in [-0.4, -0.2) is 9.55 Å². The molecule has 0 aliphatic rings. The van der Waals surface area contributed by atoms with Crippen LogP contribution in [0.5, 0.6) is 0 Å². The highest BCUT2D eigenvalue weighted by Crippen LogP contribution is 2.32. The second kappa shape index (κ2) is 8.74. The number of fused-ring (bicyclic) bond motifs is 1. The Morgan fingerprint density at radius 1 is 1.13 bits per heavy atom. The van der Waals surface area contributed by atoms with Crippen molar-refractivity contribution in [1.82, 2.24) is 9.55 Å². The number of halogens is 1. The van der Waals surface area contributed by atoms with Crippen LogP contribution in [-0.2, 0) is 12.2 Å². The van der Waals surface area contributed by atoms with E-state index in [9.17, 15) is 9.18 Å². The van der Waals surface area contributed by atoms with E-state index in [1.54, 1.807) is 28.0 Å². The Morgan fingerprint density at radius 2 is 1.90 bits per heavy atom. The van der Waals surface area contributed by atoms with Crippen LogP contribution in [0.4, 0.5) is 4.39 Å². The molecule has 0 aliphatic heterocycles. The zero-order chi connectivity index (χ0) is 21.3. The van der Waals surface area contributed by atoms with Crippen molar-refractivity contribution in [3.8, 4) is 5.69 Å². The molecule has 0 spiro atoms. The molecule has 4 aromatic rings. The van der Waals surface area contributed by atoms with Gasteiger partial charge in [0, 0.05) is 10.6 Å². The maximum absolute atomic E-state index is 13.6. The molecule has 3 nitrogen and oxygen atoms in total. The summed E-state index contributed by atoms with van der Waals surface area (Å²) in [4.78, 5) is 20.4. The van der Waals surface area contributed by atoms with Gasteiger partial charge < -0.3 is 0 Å². The van der Waals surface area contributed by atoms with E-state index in [4.69, 9.17) is 4.98 Å². The number of hydrogen-bond donors (Lipinski definition) is 0. The summed E-state index contributed by atoms with van der Waals surface area (Å²) in [5.41, 5.74) is 3.93. The summed E-state index contributed by atoms with van der Waals surface area (Å²) in [5, 5.41) is 1.30. The van der Waals surface area contributed by atoms with E-state index in [0.717, 1.165) is 23.2 Å². The third-order valence-corrected chi connectivity index (χ3v) is 7.30. The number of hydrogen-bond acceptors (Lipinski definition) is 4. The first-order valence-electron chi connectivity index (χ1n) is 9.97. The van der Waals surface area contributed by atoms with Gasteiger partial charge >= 0.3 is 0 Å². The minimum atomic E-state index is -0.327. The first-order chi connectivity index (χ1) is 14.5. The molecule has 2 aromatic carbocycles. The predicted molar refractivity (Wildman–Crippen MR) is 125 cm³/mol. The van der Waals surface area contributed by atoms with Gasteiger partial charge in [0.1, 0.15) is 10.6 Å². The van der Waals surface area contributed by atoms with Crippen LogP contribution in [0.25, 0.3) is 15.9 Å². The van der Waals surface area contributed by atoms with Crippen molar-refractivity contribution in [1.29, 1.82) is 0 Å². The standard InChI is InChI=1S/C24H23FN2OS2/c1-4-6-20-16(3)21-22(30-20)26-24(29-14-17-8-5-7-15(2)13-17)27(23(21)28)19-11-9-18(25)10-12-19/h5,7-13H,4,6,14H2,1-3H3. The average Bonchev–Trinajstić information content (AvgIpc) is 3.03. The van der Waals surface area contributed by atoms with Crippen LogP contribution in [0.3, 0.4) is 0 Å². The van der Waals surface area contributed by atoms with Crippen LogP contribution in [0.2, 0.25) is 0 Å². The molecule has 0 N–H and O–H groups in total. The summed E-state index contributed by atoms with van der Waals surface area (Å²) in [5.74, 6) is 0.374. The number of nitrogens with zero attached hydrogens (tertiary/aromatic N) is 2. The summed E-state index contributed by atoms with van der Waals surface area (Å²) in [6.45, 7) is 6.20. The first kappa shape index (κ1) is 20.8. The topological polar surface area (TPSA) is 34.9 Å². The SMILES string of the molecule is CCCc1sc2nc(SCc3cccc(C)c3)n(-c3ccc(F)cc3)c(=O)c2c1C. The van der Waals surface area contributed by atoms with Gasteiger partial charge in [-0.15, -0.1) is 11.3 Å². The van der Waals surface area contributed by atoms with Gasteiger partial charge in [-0.05, 0) is 55.7 Å². The largest absolute Gasteiger partial charge is 0.268 e. The molecule has 0 unspecified atom stereocenters. The Labute approximate surface area is 183 Å². The first-order valence-corrected chi connectivity index (χ1v) is 11.8. The molecule has 6 heteroatoms. The van der Waals surface area contributed by atoms with Crippen LogP contribution < -0.4 is 5.56 Å². The van der Waals surface area contributed by atoms with Crippen LogP contribution in [0, 0.1) is 19.7 Å². The number of thioether (sulfide) groups is 1. The van der Waals surface area contributed by atoms with E-state index in [0.29, 0.717) is 22.0 Å². The Kier molecular flexibility index (Phi) is 6.06. The molecule has 0 saturated heterocycles. The van der Waals surface area contributed by atoms with Crippen LogP contribution in [0.1, 0.15) is 34.9 Å². The van der Waals surface area contributed by atoms with Crippen molar-refractivity contribution in [3.05, 3.63) is 86.3 Å².